The zero-order valence-electron chi connectivity index (χ0n) is 16.5. The SMILES string of the molecule is CCOc1ccc(CC(=O)N2CCCC2C2NNCC2c2cc(C)no2)cc1. The van der Waals surface area contributed by atoms with Crippen LogP contribution in [0.2, 0.25) is 0 Å². The molecule has 2 aliphatic rings. The first kappa shape index (κ1) is 19.0. The van der Waals surface area contributed by atoms with E-state index in [4.69, 9.17) is 9.26 Å². The number of carbonyl (C=O) groups is 1. The molecule has 1 amide bonds. The molecule has 2 fully saturated rings. The maximum Gasteiger partial charge on any atom is 0.227 e. The molecule has 3 atom stereocenters. The van der Waals surface area contributed by atoms with E-state index >= 15 is 0 Å². The molecule has 3 heterocycles. The van der Waals surface area contributed by atoms with Crippen LogP contribution in [0.5, 0.6) is 5.75 Å². The molecule has 0 bridgehead atoms. The summed E-state index contributed by atoms with van der Waals surface area (Å²) in [5.41, 5.74) is 8.52. The first-order valence-electron chi connectivity index (χ1n) is 10.1. The molecule has 2 aromatic rings. The Morgan fingerprint density at radius 3 is 2.89 bits per heavy atom. The molecule has 2 N–H and O–H groups in total. The van der Waals surface area contributed by atoms with Gasteiger partial charge in [0.05, 0.1) is 30.7 Å². The van der Waals surface area contributed by atoms with Crippen molar-refractivity contribution in [1.82, 2.24) is 20.9 Å². The maximum absolute atomic E-state index is 13.1. The molecular formula is C21H28N4O3. The first-order valence-corrected chi connectivity index (χ1v) is 10.1. The minimum Gasteiger partial charge on any atom is -0.494 e. The van der Waals surface area contributed by atoms with E-state index < -0.39 is 0 Å². The first-order chi connectivity index (χ1) is 13.7. The van der Waals surface area contributed by atoms with Crippen molar-refractivity contribution in [3.8, 4) is 5.75 Å². The minimum absolute atomic E-state index is 0.124. The predicted molar refractivity (Wildman–Crippen MR) is 105 cm³/mol. The number of rotatable bonds is 6. The second-order valence-corrected chi connectivity index (χ2v) is 7.58. The third kappa shape index (κ3) is 3.91. The van der Waals surface area contributed by atoms with E-state index in [-0.39, 0.29) is 23.9 Å². The lowest BCUT2D eigenvalue weighted by Crippen LogP contribution is -2.50. The van der Waals surface area contributed by atoms with Crippen molar-refractivity contribution in [3.63, 3.8) is 0 Å². The highest BCUT2D eigenvalue weighted by Crippen LogP contribution is 2.32. The van der Waals surface area contributed by atoms with Gasteiger partial charge in [-0.15, -0.1) is 0 Å². The summed E-state index contributed by atoms with van der Waals surface area (Å²) in [7, 11) is 0. The summed E-state index contributed by atoms with van der Waals surface area (Å²) < 4.78 is 11.0. The molecule has 0 aliphatic carbocycles. The molecule has 3 unspecified atom stereocenters. The molecule has 7 heteroatoms. The van der Waals surface area contributed by atoms with Crippen LogP contribution in [0.15, 0.2) is 34.9 Å². The summed E-state index contributed by atoms with van der Waals surface area (Å²) in [4.78, 5) is 15.1. The lowest BCUT2D eigenvalue weighted by Gasteiger charge is -2.31. The van der Waals surface area contributed by atoms with Gasteiger partial charge in [-0.1, -0.05) is 17.3 Å². The number of nitrogens with zero attached hydrogens (tertiary/aromatic N) is 2. The van der Waals surface area contributed by atoms with E-state index in [0.29, 0.717) is 13.0 Å². The van der Waals surface area contributed by atoms with Crippen LogP contribution in [-0.2, 0) is 11.2 Å². The summed E-state index contributed by atoms with van der Waals surface area (Å²) in [6, 6.07) is 10.1. The number of hydrogen-bond donors (Lipinski definition) is 2. The number of likely N-dealkylation sites (tertiary alicyclic amines) is 1. The zero-order chi connectivity index (χ0) is 19.5. The Morgan fingerprint density at radius 2 is 2.18 bits per heavy atom. The Hall–Kier alpha value is -2.38. The van der Waals surface area contributed by atoms with Crippen LogP contribution in [0.1, 0.15) is 42.7 Å². The van der Waals surface area contributed by atoms with Crippen LogP contribution >= 0.6 is 0 Å². The van der Waals surface area contributed by atoms with Crippen LogP contribution in [0.4, 0.5) is 0 Å². The molecule has 0 spiro atoms. The summed E-state index contributed by atoms with van der Waals surface area (Å²) >= 11 is 0. The number of hydrazine groups is 1. The molecule has 1 aromatic heterocycles. The molecular weight excluding hydrogens is 356 g/mol. The van der Waals surface area contributed by atoms with E-state index in [1.165, 1.54) is 0 Å². The Morgan fingerprint density at radius 1 is 1.36 bits per heavy atom. The van der Waals surface area contributed by atoms with Crippen molar-refractivity contribution in [1.29, 1.82) is 0 Å². The fourth-order valence-corrected chi connectivity index (χ4v) is 4.34. The third-order valence-corrected chi connectivity index (χ3v) is 5.66. The number of amides is 1. The van der Waals surface area contributed by atoms with Gasteiger partial charge in [0, 0.05) is 25.2 Å². The number of carbonyl (C=O) groups excluding carboxylic acids is 1. The highest BCUT2D eigenvalue weighted by molar-refractivity contribution is 5.79. The van der Waals surface area contributed by atoms with Gasteiger partial charge >= 0.3 is 0 Å². The van der Waals surface area contributed by atoms with Gasteiger partial charge in [0.2, 0.25) is 5.91 Å². The predicted octanol–water partition coefficient (Wildman–Crippen LogP) is 2.18. The fourth-order valence-electron chi connectivity index (χ4n) is 4.34. The summed E-state index contributed by atoms with van der Waals surface area (Å²) in [6.45, 7) is 6.11. The molecule has 7 nitrogen and oxygen atoms in total. The van der Waals surface area contributed by atoms with Gasteiger partial charge in [0.15, 0.2) is 0 Å². The number of aryl methyl sites for hydroxylation is 1. The van der Waals surface area contributed by atoms with Gasteiger partial charge in [-0.05, 0) is 44.4 Å². The second kappa shape index (κ2) is 8.32. The van der Waals surface area contributed by atoms with Crippen LogP contribution in [0.25, 0.3) is 0 Å². The van der Waals surface area contributed by atoms with Crippen LogP contribution in [0.3, 0.4) is 0 Å². The Bertz CT molecular complexity index is 804. The number of benzene rings is 1. The van der Waals surface area contributed by atoms with Gasteiger partial charge in [0.25, 0.3) is 0 Å². The molecule has 0 radical (unpaired) electrons. The van der Waals surface area contributed by atoms with Gasteiger partial charge < -0.3 is 14.2 Å². The van der Waals surface area contributed by atoms with E-state index in [0.717, 1.165) is 48.7 Å². The second-order valence-electron chi connectivity index (χ2n) is 7.58. The number of ether oxygens (including phenoxy) is 1. The molecule has 150 valence electrons. The monoisotopic (exact) mass is 384 g/mol. The van der Waals surface area contributed by atoms with E-state index in [1.54, 1.807) is 0 Å². The topological polar surface area (TPSA) is 79.6 Å². The lowest BCUT2D eigenvalue weighted by atomic mass is 9.91. The van der Waals surface area contributed by atoms with E-state index in [9.17, 15) is 4.79 Å². The average Bonchev–Trinajstić information content (AvgIpc) is 3.42. The highest BCUT2D eigenvalue weighted by atomic mass is 16.5. The minimum atomic E-state index is 0.124. The third-order valence-electron chi connectivity index (χ3n) is 5.66. The Kier molecular flexibility index (Phi) is 5.64. The quantitative estimate of drug-likeness (QED) is 0.795. The van der Waals surface area contributed by atoms with Crippen molar-refractivity contribution in [2.24, 2.45) is 0 Å². The molecule has 2 saturated heterocycles. The molecule has 4 rings (SSSR count). The van der Waals surface area contributed by atoms with Crippen molar-refractivity contribution in [2.75, 3.05) is 19.7 Å². The van der Waals surface area contributed by atoms with Gasteiger partial charge in [-0.3, -0.25) is 15.6 Å². The van der Waals surface area contributed by atoms with Crippen LogP contribution < -0.4 is 15.6 Å². The molecule has 1 aromatic carbocycles. The van der Waals surface area contributed by atoms with Crippen molar-refractivity contribution in [3.05, 3.63) is 47.3 Å². The van der Waals surface area contributed by atoms with Crippen molar-refractivity contribution in [2.45, 2.75) is 51.1 Å². The zero-order valence-corrected chi connectivity index (χ0v) is 16.5. The Labute approximate surface area is 165 Å². The smallest absolute Gasteiger partial charge is 0.227 e. The van der Waals surface area contributed by atoms with Crippen LogP contribution in [-0.4, -0.2) is 47.7 Å². The normalized spacial score (nSPS) is 24.6. The average molecular weight is 384 g/mol. The van der Waals surface area contributed by atoms with E-state index in [2.05, 4.69) is 16.0 Å². The van der Waals surface area contributed by atoms with Crippen LogP contribution in [0, 0.1) is 6.92 Å². The molecule has 28 heavy (non-hydrogen) atoms. The lowest BCUT2D eigenvalue weighted by molar-refractivity contribution is -0.131. The summed E-state index contributed by atoms with van der Waals surface area (Å²) in [5, 5.41) is 4.03. The summed E-state index contributed by atoms with van der Waals surface area (Å²) in [5.74, 6) is 2.06. The largest absolute Gasteiger partial charge is 0.494 e. The molecule has 0 saturated carbocycles. The standard InChI is InChI=1S/C21H28N4O3/c1-3-27-16-8-6-15(7-9-16)12-20(26)25-10-4-5-18(25)21-17(13-22-23-21)19-11-14(2)24-28-19/h6-9,11,17-18,21-23H,3-5,10,12-13H2,1-2H3. The van der Waals surface area contributed by atoms with Gasteiger partial charge in [0.1, 0.15) is 11.5 Å². The van der Waals surface area contributed by atoms with Gasteiger partial charge in [-0.2, -0.15) is 0 Å². The van der Waals surface area contributed by atoms with Gasteiger partial charge in [-0.25, -0.2) is 0 Å². The highest BCUT2D eigenvalue weighted by Gasteiger charge is 2.42. The molecule has 2 aliphatic heterocycles. The number of aromatic nitrogens is 1. The number of hydrogen-bond acceptors (Lipinski definition) is 6. The maximum atomic E-state index is 13.1. The Balaban J connectivity index is 1.44. The number of nitrogens with one attached hydrogen (secondary N) is 2. The van der Waals surface area contributed by atoms with E-state index in [1.807, 2.05) is 49.1 Å². The van der Waals surface area contributed by atoms with Crippen molar-refractivity contribution >= 4 is 5.91 Å². The summed E-state index contributed by atoms with van der Waals surface area (Å²) in [6.07, 6.45) is 2.44. The fraction of sp³-hybridized carbons (Fsp3) is 0.524. The van der Waals surface area contributed by atoms with Crippen molar-refractivity contribution < 1.29 is 14.1 Å².